The molecule has 0 aliphatic carbocycles. The summed E-state index contributed by atoms with van der Waals surface area (Å²) in [7, 11) is 0. The van der Waals surface area contributed by atoms with Gasteiger partial charge in [-0.05, 0) is 24.8 Å². The summed E-state index contributed by atoms with van der Waals surface area (Å²) in [6.45, 7) is 8.00. The van der Waals surface area contributed by atoms with Crippen molar-refractivity contribution in [2.24, 2.45) is 17.1 Å². The van der Waals surface area contributed by atoms with Gasteiger partial charge in [-0.25, -0.2) is 0 Å². The molecule has 6 heteroatoms. The van der Waals surface area contributed by atoms with Crippen LogP contribution in [0.25, 0.3) is 0 Å². The highest BCUT2D eigenvalue weighted by Crippen LogP contribution is 2.28. The van der Waals surface area contributed by atoms with Crippen molar-refractivity contribution in [1.29, 1.82) is 0 Å². The predicted octanol–water partition coefficient (Wildman–Crippen LogP) is 2.85. The lowest BCUT2D eigenvalue weighted by Gasteiger charge is -2.24. The molecule has 116 valence electrons. The molecule has 0 heterocycles. The molecule has 0 spiro atoms. The van der Waals surface area contributed by atoms with Gasteiger partial charge >= 0.3 is 0 Å². The third-order valence-electron chi connectivity index (χ3n) is 3.27. The van der Waals surface area contributed by atoms with Gasteiger partial charge in [0.2, 0.25) is 5.91 Å². The Morgan fingerprint density at radius 3 is 2.52 bits per heavy atom. The predicted molar refractivity (Wildman–Crippen MR) is 83.1 cm³/mol. The Morgan fingerprint density at radius 1 is 1.43 bits per heavy atom. The van der Waals surface area contributed by atoms with E-state index in [2.05, 4.69) is 5.32 Å². The normalized spacial score (nSPS) is 12.8. The molecular weight excluding hydrogens is 270 g/mol. The summed E-state index contributed by atoms with van der Waals surface area (Å²) in [5, 5.41) is 13.7. The highest BCUT2D eigenvalue weighted by molar-refractivity contribution is 5.94. The molecule has 1 aromatic rings. The number of nitrogens with zero attached hydrogens (tertiary/aromatic N) is 1. The summed E-state index contributed by atoms with van der Waals surface area (Å²) in [4.78, 5) is 22.7. The van der Waals surface area contributed by atoms with Gasteiger partial charge < -0.3 is 11.1 Å². The fourth-order valence-corrected chi connectivity index (χ4v) is 2.21. The Labute approximate surface area is 124 Å². The highest BCUT2D eigenvalue weighted by atomic mass is 16.6. The topological polar surface area (TPSA) is 98.3 Å². The van der Waals surface area contributed by atoms with Crippen molar-refractivity contribution in [3.8, 4) is 0 Å². The smallest absolute Gasteiger partial charge is 0.274 e. The van der Waals surface area contributed by atoms with Crippen molar-refractivity contribution in [3.63, 3.8) is 0 Å². The third-order valence-corrected chi connectivity index (χ3v) is 3.27. The van der Waals surface area contributed by atoms with E-state index in [4.69, 9.17) is 5.73 Å². The minimum atomic E-state index is -0.458. The van der Waals surface area contributed by atoms with Gasteiger partial charge in [0.1, 0.15) is 0 Å². The lowest BCUT2D eigenvalue weighted by molar-refractivity contribution is -0.385. The van der Waals surface area contributed by atoms with E-state index in [1.165, 1.54) is 6.07 Å². The minimum absolute atomic E-state index is 0.00656. The lowest BCUT2D eigenvalue weighted by Crippen LogP contribution is -2.32. The van der Waals surface area contributed by atoms with Crippen molar-refractivity contribution in [2.75, 3.05) is 11.9 Å². The molecular formula is C15H23N3O3. The molecule has 0 fully saturated rings. The van der Waals surface area contributed by atoms with E-state index in [9.17, 15) is 14.9 Å². The first kappa shape index (κ1) is 17.1. The molecule has 1 aromatic carbocycles. The molecule has 6 nitrogen and oxygen atoms in total. The van der Waals surface area contributed by atoms with Crippen molar-refractivity contribution in [3.05, 3.63) is 33.9 Å². The van der Waals surface area contributed by atoms with Gasteiger partial charge in [-0.3, -0.25) is 14.9 Å². The number of benzene rings is 1. The number of hydrogen-bond donors (Lipinski definition) is 2. The Bertz CT molecular complexity index is 535. The second kappa shape index (κ2) is 6.67. The largest absolute Gasteiger partial charge is 0.330 e. The molecule has 1 amide bonds. The number of nitrogens with two attached hydrogens (primary N) is 1. The number of rotatable bonds is 5. The number of hydrogen-bond acceptors (Lipinski definition) is 4. The number of anilines is 1. The zero-order valence-electron chi connectivity index (χ0n) is 13.0. The number of carbonyl (C=O) groups excluding carboxylic acids is 1. The van der Waals surface area contributed by atoms with Gasteiger partial charge in [-0.1, -0.05) is 26.8 Å². The number of nitrogens with one attached hydrogen (secondary N) is 1. The summed E-state index contributed by atoms with van der Waals surface area (Å²) in [5.74, 6) is -0.514. The average Bonchev–Trinajstić information content (AvgIpc) is 2.36. The van der Waals surface area contributed by atoms with Crippen molar-refractivity contribution < 1.29 is 9.72 Å². The summed E-state index contributed by atoms with van der Waals surface area (Å²) >= 11 is 0. The molecule has 0 saturated carbocycles. The third kappa shape index (κ3) is 4.82. The Morgan fingerprint density at radius 2 is 2.05 bits per heavy atom. The van der Waals surface area contributed by atoms with Crippen LogP contribution >= 0.6 is 0 Å². The second-order valence-electron chi connectivity index (χ2n) is 6.39. The first-order valence-corrected chi connectivity index (χ1v) is 6.90. The molecule has 0 aliphatic heterocycles. The van der Waals surface area contributed by atoms with Crippen molar-refractivity contribution >= 4 is 17.3 Å². The van der Waals surface area contributed by atoms with Crippen LogP contribution in [0.3, 0.4) is 0 Å². The van der Waals surface area contributed by atoms with Crippen molar-refractivity contribution in [1.82, 2.24) is 0 Å². The first-order chi connectivity index (χ1) is 9.65. The maximum Gasteiger partial charge on any atom is 0.274 e. The van der Waals surface area contributed by atoms with Crippen LogP contribution in [-0.2, 0) is 4.79 Å². The maximum atomic E-state index is 12.3. The van der Waals surface area contributed by atoms with E-state index >= 15 is 0 Å². The van der Waals surface area contributed by atoms with E-state index in [1.807, 2.05) is 20.8 Å². The zero-order chi connectivity index (χ0) is 16.2. The van der Waals surface area contributed by atoms with Crippen LogP contribution < -0.4 is 11.1 Å². The van der Waals surface area contributed by atoms with Crippen LogP contribution in [0.2, 0.25) is 0 Å². The summed E-state index contributed by atoms with van der Waals surface area (Å²) in [6, 6.07) is 4.63. The SMILES string of the molecule is Cc1c(NC(=O)C(CN)CC(C)(C)C)cccc1[N+](=O)[O-]. The average molecular weight is 293 g/mol. The minimum Gasteiger partial charge on any atom is -0.330 e. The molecule has 0 aliphatic rings. The number of carbonyl (C=O) groups is 1. The molecule has 3 N–H and O–H groups in total. The quantitative estimate of drug-likeness (QED) is 0.644. The summed E-state index contributed by atoms with van der Waals surface area (Å²) in [5.41, 5.74) is 6.57. The van der Waals surface area contributed by atoms with Gasteiger partial charge in [0.15, 0.2) is 0 Å². The van der Waals surface area contributed by atoms with E-state index in [0.717, 1.165) is 0 Å². The van der Waals surface area contributed by atoms with Crippen LogP contribution in [0, 0.1) is 28.4 Å². The summed E-state index contributed by atoms with van der Waals surface area (Å²) in [6.07, 6.45) is 0.656. The number of nitro benzene ring substituents is 1. The highest BCUT2D eigenvalue weighted by Gasteiger charge is 2.24. The van der Waals surface area contributed by atoms with E-state index in [-0.39, 0.29) is 29.5 Å². The van der Waals surface area contributed by atoms with Gasteiger partial charge in [0.05, 0.1) is 22.1 Å². The second-order valence-corrected chi connectivity index (χ2v) is 6.39. The molecule has 1 rings (SSSR count). The van der Waals surface area contributed by atoms with E-state index in [0.29, 0.717) is 17.7 Å². The van der Waals surface area contributed by atoms with Gasteiger partial charge in [-0.15, -0.1) is 0 Å². The molecule has 0 saturated heterocycles. The molecule has 0 radical (unpaired) electrons. The van der Waals surface area contributed by atoms with E-state index in [1.54, 1.807) is 19.1 Å². The van der Waals surface area contributed by atoms with E-state index < -0.39 is 4.92 Å². The Hall–Kier alpha value is -1.95. The lowest BCUT2D eigenvalue weighted by atomic mass is 9.84. The maximum absolute atomic E-state index is 12.3. The Balaban J connectivity index is 2.92. The van der Waals surface area contributed by atoms with Gasteiger partial charge in [-0.2, -0.15) is 0 Å². The van der Waals surface area contributed by atoms with Gasteiger partial charge in [0, 0.05) is 12.6 Å². The molecule has 0 aromatic heterocycles. The fraction of sp³-hybridized carbons (Fsp3) is 0.533. The zero-order valence-corrected chi connectivity index (χ0v) is 13.0. The number of nitro groups is 1. The summed E-state index contributed by atoms with van der Waals surface area (Å²) < 4.78 is 0. The van der Waals surface area contributed by atoms with Crippen LogP contribution in [0.5, 0.6) is 0 Å². The first-order valence-electron chi connectivity index (χ1n) is 6.90. The monoisotopic (exact) mass is 293 g/mol. The van der Waals surface area contributed by atoms with Crippen LogP contribution in [-0.4, -0.2) is 17.4 Å². The number of amides is 1. The standard InChI is InChI=1S/C15H23N3O3/c1-10-12(6-5-7-13(10)18(20)21)17-14(19)11(9-16)8-15(2,3)4/h5-7,11H,8-9,16H2,1-4H3,(H,17,19). The van der Waals surface area contributed by atoms with Gasteiger partial charge in [0.25, 0.3) is 5.69 Å². The molecule has 21 heavy (non-hydrogen) atoms. The van der Waals surface area contributed by atoms with Crippen LogP contribution in [0.15, 0.2) is 18.2 Å². The Kier molecular flexibility index (Phi) is 5.43. The molecule has 1 unspecified atom stereocenters. The van der Waals surface area contributed by atoms with Crippen LogP contribution in [0.1, 0.15) is 32.8 Å². The molecule has 1 atom stereocenters. The molecule has 0 bridgehead atoms. The van der Waals surface area contributed by atoms with Crippen LogP contribution in [0.4, 0.5) is 11.4 Å². The fourth-order valence-electron chi connectivity index (χ4n) is 2.21. The van der Waals surface area contributed by atoms with Crippen molar-refractivity contribution in [2.45, 2.75) is 34.1 Å².